The molecule has 1 aliphatic heterocycles. The second-order valence-electron chi connectivity index (χ2n) is 2.86. The van der Waals surface area contributed by atoms with E-state index in [9.17, 15) is 4.39 Å². The molecule has 1 heterocycles. The van der Waals surface area contributed by atoms with Gasteiger partial charge in [-0.2, -0.15) is 5.43 Å². The average molecular weight is 172 g/mol. The first-order chi connectivity index (χ1) is 5.61. The standard InChI is InChI=1S/C7H13FN4/c1-5(9)12-7(10)4-2-3-6(8)11-12/h6,9-11H,2-4H2,1H3. The van der Waals surface area contributed by atoms with Gasteiger partial charge in [0.15, 0.2) is 6.30 Å². The van der Waals surface area contributed by atoms with E-state index in [-0.39, 0.29) is 11.7 Å². The molecule has 0 saturated carbocycles. The summed E-state index contributed by atoms with van der Waals surface area (Å²) < 4.78 is 12.9. The molecule has 1 unspecified atom stereocenters. The van der Waals surface area contributed by atoms with E-state index in [1.807, 2.05) is 0 Å². The molecule has 1 aliphatic rings. The Morgan fingerprint density at radius 2 is 2.42 bits per heavy atom. The summed E-state index contributed by atoms with van der Waals surface area (Å²) in [6.45, 7) is 1.53. The number of rotatable bonds is 0. The fourth-order valence-corrected chi connectivity index (χ4v) is 1.14. The van der Waals surface area contributed by atoms with E-state index < -0.39 is 6.30 Å². The molecular weight excluding hydrogens is 159 g/mol. The van der Waals surface area contributed by atoms with Crippen LogP contribution in [0.1, 0.15) is 26.2 Å². The van der Waals surface area contributed by atoms with Crippen molar-refractivity contribution in [1.82, 2.24) is 10.4 Å². The summed E-state index contributed by atoms with van der Waals surface area (Å²) in [6.07, 6.45) is 0.472. The normalized spacial score (nSPS) is 25.3. The van der Waals surface area contributed by atoms with Crippen LogP contribution >= 0.6 is 0 Å². The Bertz CT molecular complexity index is 204. The summed E-state index contributed by atoms with van der Waals surface area (Å²) in [6, 6.07) is 0. The predicted molar refractivity (Wildman–Crippen MR) is 44.8 cm³/mol. The molecule has 0 radical (unpaired) electrons. The third kappa shape index (κ3) is 2.01. The molecule has 0 spiro atoms. The molecule has 0 amide bonds. The van der Waals surface area contributed by atoms with E-state index in [0.717, 1.165) is 0 Å². The number of amidine groups is 2. The van der Waals surface area contributed by atoms with Gasteiger partial charge in [0.1, 0.15) is 11.7 Å². The molecule has 12 heavy (non-hydrogen) atoms. The van der Waals surface area contributed by atoms with Gasteiger partial charge in [-0.15, -0.1) is 0 Å². The first-order valence-corrected chi connectivity index (χ1v) is 3.94. The zero-order chi connectivity index (χ0) is 9.14. The summed E-state index contributed by atoms with van der Waals surface area (Å²) in [5, 5.41) is 15.9. The number of hydrogen-bond donors (Lipinski definition) is 3. The molecule has 1 fully saturated rings. The maximum absolute atomic E-state index is 12.9. The zero-order valence-corrected chi connectivity index (χ0v) is 7.02. The summed E-state index contributed by atoms with van der Waals surface area (Å²) in [5.41, 5.74) is 2.45. The number of alkyl halides is 1. The molecule has 1 atom stereocenters. The Hall–Kier alpha value is -0.970. The molecule has 1 saturated heterocycles. The van der Waals surface area contributed by atoms with E-state index in [1.54, 1.807) is 0 Å². The number of hydrazine groups is 1. The van der Waals surface area contributed by atoms with Crippen molar-refractivity contribution >= 4 is 11.7 Å². The Labute approximate surface area is 70.7 Å². The van der Waals surface area contributed by atoms with Crippen molar-refractivity contribution in [2.75, 3.05) is 0 Å². The molecule has 0 aromatic carbocycles. The van der Waals surface area contributed by atoms with Crippen molar-refractivity contribution in [3.63, 3.8) is 0 Å². The van der Waals surface area contributed by atoms with Crippen molar-refractivity contribution in [2.24, 2.45) is 0 Å². The first kappa shape index (κ1) is 9.12. The highest BCUT2D eigenvalue weighted by atomic mass is 19.1. The Morgan fingerprint density at radius 1 is 1.75 bits per heavy atom. The van der Waals surface area contributed by atoms with Gasteiger partial charge in [-0.1, -0.05) is 0 Å². The monoisotopic (exact) mass is 172 g/mol. The highest BCUT2D eigenvalue weighted by Gasteiger charge is 2.20. The van der Waals surface area contributed by atoms with Crippen LogP contribution in [0, 0.1) is 10.8 Å². The maximum atomic E-state index is 12.9. The van der Waals surface area contributed by atoms with Gasteiger partial charge in [0.25, 0.3) is 0 Å². The Morgan fingerprint density at radius 3 is 3.00 bits per heavy atom. The van der Waals surface area contributed by atoms with Crippen LogP contribution in [-0.2, 0) is 0 Å². The van der Waals surface area contributed by atoms with Gasteiger partial charge in [0.05, 0.1) is 0 Å². The SMILES string of the molecule is CC(=N)N1NC(F)CCCC1=N. The minimum Gasteiger partial charge on any atom is -0.287 e. The van der Waals surface area contributed by atoms with Crippen LogP contribution in [0.25, 0.3) is 0 Å². The van der Waals surface area contributed by atoms with Gasteiger partial charge in [0, 0.05) is 6.42 Å². The molecule has 0 aromatic heterocycles. The van der Waals surface area contributed by atoms with E-state index in [4.69, 9.17) is 10.8 Å². The van der Waals surface area contributed by atoms with Crippen LogP contribution in [0.3, 0.4) is 0 Å². The minimum atomic E-state index is -1.13. The molecule has 68 valence electrons. The molecule has 4 nitrogen and oxygen atoms in total. The minimum absolute atomic E-state index is 0.157. The van der Waals surface area contributed by atoms with Crippen molar-refractivity contribution in [1.29, 1.82) is 10.8 Å². The second kappa shape index (κ2) is 3.62. The topological polar surface area (TPSA) is 63.0 Å². The molecule has 5 heteroatoms. The Kier molecular flexibility index (Phi) is 2.75. The highest BCUT2D eigenvalue weighted by molar-refractivity contribution is 5.96. The largest absolute Gasteiger partial charge is 0.287 e. The zero-order valence-electron chi connectivity index (χ0n) is 7.02. The van der Waals surface area contributed by atoms with E-state index in [0.29, 0.717) is 19.3 Å². The lowest BCUT2D eigenvalue weighted by Gasteiger charge is -2.22. The van der Waals surface area contributed by atoms with E-state index in [1.165, 1.54) is 11.9 Å². The van der Waals surface area contributed by atoms with Crippen molar-refractivity contribution in [3.05, 3.63) is 0 Å². The van der Waals surface area contributed by atoms with Crippen LogP contribution in [0.4, 0.5) is 4.39 Å². The number of nitrogens with one attached hydrogen (secondary N) is 3. The van der Waals surface area contributed by atoms with Gasteiger partial charge in [0.2, 0.25) is 0 Å². The van der Waals surface area contributed by atoms with Crippen LogP contribution in [-0.4, -0.2) is 23.0 Å². The van der Waals surface area contributed by atoms with Gasteiger partial charge in [-0.25, -0.2) is 9.40 Å². The smallest absolute Gasteiger partial charge is 0.167 e. The average Bonchev–Trinajstić information content (AvgIpc) is 2.13. The van der Waals surface area contributed by atoms with Crippen molar-refractivity contribution < 1.29 is 4.39 Å². The summed E-state index contributed by atoms with van der Waals surface area (Å²) >= 11 is 0. The Balaban J connectivity index is 2.67. The third-order valence-corrected chi connectivity index (χ3v) is 1.75. The number of nitrogens with zero attached hydrogens (tertiary/aromatic N) is 1. The van der Waals surface area contributed by atoms with Gasteiger partial charge < -0.3 is 0 Å². The predicted octanol–water partition coefficient (Wildman–Crippen LogP) is 1.25. The molecule has 0 bridgehead atoms. The van der Waals surface area contributed by atoms with E-state index >= 15 is 0 Å². The fraction of sp³-hybridized carbons (Fsp3) is 0.714. The van der Waals surface area contributed by atoms with Gasteiger partial charge >= 0.3 is 0 Å². The van der Waals surface area contributed by atoms with Gasteiger partial charge in [-0.3, -0.25) is 10.8 Å². The highest BCUT2D eigenvalue weighted by Crippen LogP contribution is 2.10. The molecular formula is C7H13FN4. The van der Waals surface area contributed by atoms with Crippen molar-refractivity contribution in [2.45, 2.75) is 32.5 Å². The van der Waals surface area contributed by atoms with Crippen LogP contribution in [0.5, 0.6) is 0 Å². The third-order valence-electron chi connectivity index (χ3n) is 1.75. The van der Waals surface area contributed by atoms with Crippen molar-refractivity contribution in [3.8, 4) is 0 Å². The summed E-state index contributed by atoms with van der Waals surface area (Å²) in [7, 11) is 0. The molecule has 0 aliphatic carbocycles. The molecule has 1 rings (SSSR count). The van der Waals surface area contributed by atoms with Crippen LogP contribution in [0.15, 0.2) is 0 Å². The number of halogens is 1. The lowest BCUT2D eigenvalue weighted by atomic mass is 10.2. The maximum Gasteiger partial charge on any atom is 0.167 e. The molecule has 3 N–H and O–H groups in total. The lowest BCUT2D eigenvalue weighted by molar-refractivity contribution is 0.200. The molecule has 0 aromatic rings. The van der Waals surface area contributed by atoms with Crippen LogP contribution in [0.2, 0.25) is 0 Å². The quantitative estimate of drug-likeness (QED) is 0.292. The summed E-state index contributed by atoms with van der Waals surface area (Å²) in [5.74, 6) is 0.423. The first-order valence-electron chi connectivity index (χ1n) is 3.94. The lowest BCUT2D eigenvalue weighted by Crippen LogP contribution is -2.47. The van der Waals surface area contributed by atoms with E-state index in [2.05, 4.69) is 5.43 Å². The second-order valence-corrected chi connectivity index (χ2v) is 2.86. The summed E-state index contributed by atoms with van der Waals surface area (Å²) in [4.78, 5) is 0. The van der Waals surface area contributed by atoms with Gasteiger partial charge in [-0.05, 0) is 19.8 Å². The van der Waals surface area contributed by atoms with Crippen LogP contribution < -0.4 is 5.43 Å². The fourth-order valence-electron chi connectivity index (χ4n) is 1.14. The number of hydrogen-bond acceptors (Lipinski definition) is 3.